The molecule has 2 aromatic carbocycles. The van der Waals surface area contributed by atoms with Crippen LogP contribution in [-0.4, -0.2) is 37.1 Å². The maximum absolute atomic E-state index is 13.1. The minimum atomic E-state index is -0.219. The van der Waals surface area contributed by atoms with E-state index >= 15 is 0 Å². The van der Waals surface area contributed by atoms with Crippen molar-refractivity contribution in [3.63, 3.8) is 0 Å². The van der Waals surface area contributed by atoms with Crippen molar-refractivity contribution < 1.29 is 9.18 Å². The molecule has 5 nitrogen and oxygen atoms in total. The van der Waals surface area contributed by atoms with Gasteiger partial charge in [0.1, 0.15) is 11.5 Å². The van der Waals surface area contributed by atoms with Gasteiger partial charge in [0.25, 0.3) is 5.91 Å². The Hall–Kier alpha value is -2.93. The van der Waals surface area contributed by atoms with E-state index in [4.69, 9.17) is 0 Å². The van der Waals surface area contributed by atoms with E-state index in [1.165, 1.54) is 29.0 Å². The summed E-state index contributed by atoms with van der Waals surface area (Å²) in [6.45, 7) is 5.83. The molecule has 1 aliphatic heterocycles. The molecular weight excluding hydrogens is 387 g/mol. The van der Waals surface area contributed by atoms with Crippen LogP contribution in [0.3, 0.4) is 0 Å². The summed E-state index contributed by atoms with van der Waals surface area (Å²) in [6, 6.07) is 14.7. The normalized spacial score (nSPS) is 14.1. The Morgan fingerprint density at radius 3 is 2.38 bits per heavy atom. The van der Waals surface area contributed by atoms with Crippen LogP contribution >= 0.6 is 11.3 Å². The Bertz CT molecular complexity index is 963. The molecule has 1 amide bonds. The number of hydrogen-bond acceptors (Lipinski definition) is 5. The lowest BCUT2D eigenvalue weighted by atomic mass is 10.1. The Kier molecular flexibility index (Phi) is 5.76. The summed E-state index contributed by atoms with van der Waals surface area (Å²) in [5.74, 6) is -0.374. The fraction of sp³-hybridized carbons (Fsp3) is 0.273. The van der Waals surface area contributed by atoms with Crippen LogP contribution in [0.15, 0.2) is 53.9 Å². The van der Waals surface area contributed by atoms with E-state index in [0.29, 0.717) is 12.2 Å². The highest BCUT2D eigenvalue weighted by molar-refractivity contribution is 7.13. The first-order valence-corrected chi connectivity index (χ1v) is 10.5. The molecule has 0 radical (unpaired) electrons. The van der Waals surface area contributed by atoms with Crippen LogP contribution in [0.1, 0.15) is 21.6 Å². The maximum atomic E-state index is 13.1. The van der Waals surface area contributed by atoms with E-state index in [1.807, 2.05) is 48.7 Å². The molecule has 1 fully saturated rings. The highest BCUT2D eigenvalue weighted by atomic mass is 32.1. The largest absolute Gasteiger partial charge is 0.368 e. The first-order chi connectivity index (χ1) is 14.1. The van der Waals surface area contributed by atoms with E-state index in [9.17, 15) is 9.18 Å². The highest BCUT2D eigenvalue weighted by Gasteiger charge is 2.21. The predicted molar refractivity (Wildman–Crippen MR) is 115 cm³/mol. The number of halogens is 1. The van der Waals surface area contributed by atoms with Crippen molar-refractivity contribution in [1.29, 1.82) is 0 Å². The smallest absolute Gasteiger partial charge is 0.271 e. The fourth-order valence-electron chi connectivity index (χ4n) is 3.30. The minimum Gasteiger partial charge on any atom is -0.368 e. The van der Waals surface area contributed by atoms with Gasteiger partial charge in [0.15, 0.2) is 5.13 Å². The number of thiazole rings is 1. The van der Waals surface area contributed by atoms with Crippen molar-refractivity contribution in [2.24, 2.45) is 0 Å². The molecule has 0 unspecified atom stereocenters. The minimum absolute atomic E-state index is 0.155. The zero-order valence-corrected chi connectivity index (χ0v) is 17.1. The first kappa shape index (κ1) is 19.4. The van der Waals surface area contributed by atoms with Gasteiger partial charge >= 0.3 is 0 Å². The van der Waals surface area contributed by atoms with Crippen LogP contribution in [0.4, 0.5) is 15.2 Å². The van der Waals surface area contributed by atoms with Crippen molar-refractivity contribution >= 4 is 28.1 Å². The van der Waals surface area contributed by atoms with Gasteiger partial charge < -0.3 is 15.1 Å². The lowest BCUT2D eigenvalue weighted by molar-refractivity contribution is 0.0946. The summed E-state index contributed by atoms with van der Waals surface area (Å²) in [5.41, 5.74) is 3.75. The monoisotopic (exact) mass is 410 g/mol. The van der Waals surface area contributed by atoms with Gasteiger partial charge in [-0.15, -0.1) is 11.3 Å². The molecule has 1 saturated heterocycles. The van der Waals surface area contributed by atoms with E-state index in [1.54, 1.807) is 0 Å². The van der Waals surface area contributed by atoms with Crippen molar-refractivity contribution in [2.45, 2.75) is 13.5 Å². The summed E-state index contributed by atoms with van der Waals surface area (Å²) < 4.78 is 13.1. The summed E-state index contributed by atoms with van der Waals surface area (Å²) in [5, 5.41) is 5.61. The second kappa shape index (κ2) is 8.61. The molecule has 150 valence electrons. The van der Waals surface area contributed by atoms with Gasteiger partial charge in [-0.25, -0.2) is 9.37 Å². The van der Waals surface area contributed by atoms with Crippen LogP contribution in [0.25, 0.3) is 0 Å². The number of aryl methyl sites for hydroxylation is 1. The average Bonchev–Trinajstić information content (AvgIpc) is 3.24. The number of benzene rings is 2. The SMILES string of the molecule is Cc1ccc(CNC(=O)c2csc(N3CCN(c4ccc(F)cc4)CC3)n2)cc1. The van der Waals surface area contributed by atoms with Gasteiger partial charge in [-0.1, -0.05) is 29.8 Å². The van der Waals surface area contributed by atoms with Crippen molar-refractivity contribution in [1.82, 2.24) is 10.3 Å². The summed E-state index contributed by atoms with van der Waals surface area (Å²) >= 11 is 1.49. The zero-order valence-electron chi connectivity index (χ0n) is 16.3. The number of carbonyl (C=O) groups is 1. The average molecular weight is 411 g/mol. The summed E-state index contributed by atoms with van der Waals surface area (Å²) in [7, 11) is 0. The number of carbonyl (C=O) groups excluding carboxylic acids is 1. The van der Waals surface area contributed by atoms with E-state index in [-0.39, 0.29) is 11.7 Å². The molecule has 0 aliphatic carbocycles. The number of anilines is 2. The number of hydrogen-bond donors (Lipinski definition) is 1. The molecule has 4 rings (SSSR count). The number of nitrogens with one attached hydrogen (secondary N) is 1. The molecule has 0 bridgehead atoms. The molecule has 2 heterocycles. The highest BCUT2D eigenvalue weighted by Crippen LogP contribution is 2.24. The fourth-order valence-corrected chi connectivity index (χ4v) is 4.16. The Morgan fingerprint density at radius 2 is 1.69 bits per heavy atom. The van der Waals surface area contributed by atoms with Crippen LogP contribution in [0.5, 0.6) is 0 Å². The van der Waals surface area contributed by atoms with Crippen LogP contribution in [0, 0.1) is 12.7 Å². The number of amides is 1. The number of rotatable bonds is 5. The maximum Gasteiger partial charge on any atom is 0.271 e. The number of piperazine rings is 1. The molecule has 0 saturated carbocycles. The molecule has 1 aliphatic rings. The molecule has 0 atom stereocenters. The third kappa shape index (κ3) is 4.74. The second-order valence-electron chi connectivity index (χ2n) is 7.13. The molecule has 7 heteroatoms. The predicted octanol–water partition coefficient (Wildman–Crippen LogP) is 3.85. The van der Waals surface area contributed by atoms with Gasteiger partial charge in [0.2, 0.25) is 0 Å². The van der Waals surface area contributed by atoms with Crippen molar-refractivity contribution in [3.05, 3.63) is 76.5 Å². The van der Waals surface area contributed by atoms with Gasteiger partial charge in [-0.2, -0.15) is 0 Å². The van der Waals surface area contributed by atoms with E-state index in [2.05, 4.69) is 20.1 Å². The first-order valence-electron chi connectivity index (χ1n) is 9.63. The Balaban J connectivity index is 1.31. The van der Waals surface area contributed by atoms with Crippen molar-refractivity contribution in [3.8, 4) is 0 Å². The lowest BCUT2D eigenvalue weighted by Crippen LogP contribution is -2.46. The molecule has 29 heavy (non-hydrogen) atoms. The molecule has 1 N–H and O–H groups in total. The molecular formula is C22H23FN4OS. The van der Waals surface area contributed by atoms with Gasteiger partial charge in [0, 0.05) is 43.8 Å². The number of aromatic nitrogens is 1. The standard InChI is InChI=1S/C22H23FN4OS/c1-16-2-4-17(5-3-16)14-24-21(28)20-15-29-22(25-20)27-12-10-26(11-13-27)19-8-6-18(23)7-9-19/h2-9,15H,10-14H2,1H3,(H,24,28). The lowest BCUT2D eigenvalue weighted by Gasteiger charge is -2.36. The van der Waals surface area contributed by atoms with Gasteiger partial charge in [0.05, 0.1) is 0 Å². The van der Waals surface area contributed by atoms with Gasteiger partial charge in [-0.3, -0.25) is 4.79 Å². The molecule has 0 spiro atoms. The third-order valence-electron chi connectivity index (χ3n) is 5.04. The number of nitrogens with zero attached hydrogens (tertiary/aromatic N) is 3. The summed E-state index contributed by atoms with van der Waals surface area (Å²) in [4.78, 5) is 21.4. The van der Waals surface area contributed by atoms with Gasteiger partial charge in [-0.05, 0) is 36.8 Å². The quantitative estimate of drug-likeness (QED) is 0.694. The van der Waals surface area contributed by atoms with Crippen LogP contribution < -0.4 is 15.1 Å². The Labute approximate surface area is 173 Å². The second-order valence-corrected chi connectivity index (χ2v) is 7.97. The van der Waals surface area contributed by atoms with Crippen molar-refractivity contribution in [2.75, 3.05) is 36.0 Å². The van der Waals surface area contributed by atoms with Crippen LogP contribution in [-0.2, 0) is 6.54 Å². The third-order valence-corrected chi connectivity index (χ3v) is 5.94. The Morgan fingerprint density at radius 1 is 1.03 bits per heavy atom. The van der Waals surface area contributed by atoms with E-state index in [0.717, 1.165) is 42.6 Å². The summed E-state index contributed by atoms with van der Waals surface area (Å²) in [6.07, 6.45) is 0. The van der Waals surface area contributed by atoms with E-state index < -0.39 is 0 Å². The topological polar surface area (TPSA) is 48.5 Å². The van der Waals surface area contributed by atoms with Crippen LogP contribution in [0.2, 0.25) is 0 Å². The molecule has 1 aromatic heterocycles. The molecule has 3 aromatic rings. The zero-order chi connectivity index (χ0) is 20.2.